The van der Waals surface area contributed by atoms with Crippen LogP contribution in [0.2, 0.25) is 0 Å². The molecule has 0 saturated carbocycles. The smallest absolute Gasteiger partial charge is 0.239 e. The number of hydrogen-bond acceptors (Lipinski definition) is 3. The molecule has 1 aliphatic heterocycles. The first kappa shape index (κ1) is 16.0. The van der Waals surface area contributed by atoms with Crippen molar-refractivity contribution >= 4 is 11.8 Å². The van der Waals surface area contributed by atoms with Gasteiger partial charge in [0.25, 0.3) is 0 Å². The molecule has 1 heterocycles. The van der Waals surface area contributed by atoms with Crippen LogP contribution in [0.5, 0.6) is 0 Å². The zero-order valence-corrected chi connectivity index (χ0v) is 12.0. The second-order valence-electron chi connectivity index (χ2n) is 5.08. The molecule has 2 N–H and O–H groups in total. The maximum Gasteiger partial charge on any atom is 0.239 e. The minimum atomic E-state index is -0.0489. The highest BCUT2D eigenvalue weighted by Crippen LogP contribution is 2.11. The van der Waals surface area contributed by atoms with E-state index in [-0.39, 0.29) is 18.4 Å². The summed E-state index contributed by atoms with van der Waals surface area (Å²) in [5.74, 6) is 0.0752. The predicted octanol–water partition coefficient (Wildman–Crippen LogP) is 0.895. The molecule has 19 heavy (non-hydrogen) atoms. The zero-order valence-electron chi connectivity index (χ0n) is 12.0. The SMILES string of the molecule is CCCNCCNC(=O)CN1CCCCCCC1=O. The molecule has 1 saturated heterocycles. The molecule has 0 radical (unpaired) electrons. The maximum absolute atomic E-state index is 11.9. The highest BCUT2D eigenvalue weighted by Gasteiger charge is 2.17. The van der Waals surface area contributed by atoms with E-state index >= 15 is 0 Å². The van der Waals surface area contributed by atoms with Crippen LogP contribution in [0.4, 0.5) is 0 Å². The molecular formula is C14H27N3O2. The first-order valence-electron chi connectivity index (χ1n) is 7.49. The fourth-order valence-electron chi connectivity index (χ4n) is 2.20. The quantitative estimate of drug-likeness (QED) is 0.675. The van der Waals surface area contributed by atoms with Crippen molar-refractivity contribution in [1.29, 1.82) is 0 Å². The van der Waals surface area contributed by atoms with Crippen LogP contribution < -0.4 is 10.6 Å². The van der Waals surface area contributed by atoms with Crippen molar-refractivity contribution in [2.45, 2.75) is 45.4 Å². The number of rotatable bonds is 7. The number of likely N-dealkylation sites (tertiary alicyclic amines) is 1. The Balaban J connectivity index is 2.19. The fraction of sp³-hybridized carbons (Fsp3) is 0.857. The minimum absolute atomic E-state index is 0.0489. The normalized spacial score (nSPS) is 16.9. The van der Waals surface area contributed by atoms with Gasteiger partial charge in [-0.15, -0.1) is 0 Å². The second kappa shape index (κ2) is 9.78. The standard InChI is InChI=1S/C14H27N3O2/c1-2-8-15-9-10-16-13(18)12-17-11-6-4-3-5-7-14(17)19/h15H,2-12H2,1H3,(H,16,18). The van der Waals surface area contributed by atoms with Crippen molar-refractivity contribution in [3.8, 4) is 0 Å². The average Bonchev–Trinajstić information content (AvgIpc) is 2.38. The van der Waals surface area contributed by atoms with Gasteiger partial charge < -0.3 is 15.5 Å². The Kier molecular flexibility index (Phi) is 8.21. The van der Waals surface area contributed by atoms with E-state index in [9.17, 15) is 9.59 Å². The fourth-order valence-corrected chi connectivity index (χ4v) is 2.20. The lowest BCUT2D eigenvalue weighted by Gasteiger charge is -2.24. The third-order valence-electron chi connectivity index (χ3n) is 3.31. The summed E-state index contributed by atoms with van der Waals surface area (Å²) in [6.45, 7) is 5.43. The number of carbonyl (C=O) groups excluding carboxylic acids is 2. The number of amides is 2. The molecule has 0 spiro atoms. The summed E-state index contributed by atoms with van der Waals surface area (Å²) in [7, 11) is 0. The molecule has 0 atom stereocenters. The summed E-state index contributed by atoms with van der Waals surface area (Å²) in [6.07, 6.45) is 5.94. The molecule has 0 aliphatic carbocycles. The molecule has 0 aromatic heterocycles. The van der Waals surface area contributed by atoms with E-state index < -0.39 is 0 Å². The molecule has 1 fully saturated rings. The van der Waals surface area contributed by atoms with E-state index in [2.05, 4.69) is 17.6 Å². The highest BCUT2D eigenvalue weighted by molar-refractivity contribution is 5.84. The Hall–Kier alpha value is -1.10. The Morgan fingerprint density at radius 2 is 1.95 bits per heavy atom. The van der Waals surface area contributed by atoms with Crippen molar-refractivity contribution in [2.24, 2.45) is 0 Å². The van der Waals surface area contributed by atoms with Gasteiger partial charge in [-0.2, -0.15) is 0 Å². The molecule has 5 heteroatoms. The van der Waals surface area contributed by atoms with Gasteiger partial charge >= 0.3 is 0 Å². The molecule has 1 aliphatic rings. The van der Waals surface area contributed by atoms with E-state index in [1.807, 2.05) is 0 Å². The Bertz CT molecular complexity index is 282. The van der Waals surface area contributed by atoms with Gasteiger partial charge in [-0.1, -0.05) is 19.8 Å². The third kappa shape index (κ3) is 7.15. The number of nitrogens with zero attached hydrogens (tertiary/aromatic N) is 1. The minimum Gasteiger partial charge on any atom is -0.353 e. The van der Waals surface area contributed by atoms with Crippen LogP contribution in [0, 0.1) is 0 Å². The molecule has 1 rings (SSSR count). The summed E-state index contributed by atoms with van der Waals surface area (Å²) in [5.41, 5.74) is 0. The van der Waals surface area contributed by atoms with Gasteiger partial charge in [0.2, 0.25) is 11.8 Å². The lowest BCUT2D eigenvalue weighted by atomic mass is 10.1. The second-order valence-corrected chi connectivity index (χ2v) is 5.08. The maximum atomic E-state index is 11.9. The van der Waals surface area contributed by atoms with Crippen LogP contribution in [-0.4, -0.2) is 49.4 Å². The van der Waals surface area contributed by atoms with E-state index in [0.717, 1.165) is 51.7 Å². The van der Waals surface area contributed by atoms with E-state index in [4.69, 9.17) is 0 Å². The van der Waals surface area contributed by atoms with Crippen LogP contribution in [0.1, 0.15) is 45.4 Å². The molecule has 110 valence electrons. The molecule has 0 bridgehead atoms. The molecule has 5 nitrogen and oxygen atoms in total. The van der Waals surface area contributed by atoms with Crippen molar-refractivity contribution in [1.82, 2.24) is 15.5 Å². The van der Waals surface area contributed by atoms with Gasteiger partial charge in [-0.05, 0) is 25.8 Å². The van der Waals surface area contributed by atoms with Crippen LogP contribution in [0.15, 0.2) is 0 Å². The van der Waals surface area contributed by atoms with Crippen molar-refractivity contribution < 1.29 is 9.59 Å². The summed E-state index contributed by atoms with van der Waals surface area (Å²) in [6, 6.07) is 0. The summed E-state index contributed by atoms with van der Waals surface area (Å²) in [4.78, 5) is 25.3. The number of nitrogens with one attached hydrogen (secondary N) is 2. The average molecular weight is 269 g/mol. The van der Waals surface area contributed by atoms with Gasteiger partial charge in [0.1, 0.15) is 0 Å². The molecule has 0 aromatic carbocycles. The van der Waals surface area contributed by atoms with E-state index in [1.54, 1.807) is 4.90 Å². The lowest BCUT2D eigenvalue weighted by molar-refractivity contribution is -0.136. The van der Waals surface area contributed by atoms with Gasteiger partial charge in [-0.25, -0.2) is 0 Å². The van der Waals surface area contributed by atoms with Crippen LogP contribution in [0.3, 0.4) is 0 Å². The van der Waals surface area contributed by atoms with Crippen LogP contribution in [-0.2, 0) is 9.59 Å². The molecule has 2 amide bonds. The molecular weight excluding hydrogens is 242 g/mol. The number of carbonyl (C=O) groups is 2. The monoisotopic (exact) mass is 269 g/mol. The van der Waals surface area contributed by atoms with E-state index in [0.29, 0.717) is 13.0 Å². The van der Waals surface area contributed by atoms with Gasteiger partial charge in [0, 0.05) is 26.1 Å². The first-order valence-corrected chi connectivity index (χ1v) is 7.49. The summed E-state index contributed by atoms with van der Waals surface area (Å²) >= 11 is 0. The van der Waals surface area contributed by atoms with Crippen molar-refractivity contribution in [3.05, 3.63) is 0 Å². The largest absolute Gasteiger partial charge is 0.353 e. The van der Waals surface area contributed by atoms with Gasteiger partial charge in [0.05, 0.1) is 6.54 Å². The Morgan fingerprint density at radius 3 is 2.74 bits per heavy atom. The lowest BCUT2D eigenvalue weighted by Crippen LogP contribution is -2.43. The molecule has 0 unspecified atom stereocenters. The van der Waals surface area contributed by atoms with E-state index in [1.165, 1.54) is 0 Å². The first-order chi connectivity index (χ1) is 9.24. The summed E-state index contributed by atoms with van der Waals surface area (Å²) in [5, 5.41) is 6.08. The third-order valence-corrected chi connectivity index (χ3v) is 3.31. The summed E-state index contributed by atoms with van der Waals surface area (Å²) < 4.78 is 0. The van der Waals surface area contributed by atoms with Crippen molar-refractivity contribution in [2.75, 3.05) is 32.7 Å². The zero-order chi connectivity index (χ0) is 13.9. The van der Waals surface area contributed by atoms with Gasteiger partial charge in [0.15, 0.2) is 0 Å². The Labute approximate surface area is 116 Å². The predicted molar refractivity (Wildman–Crippen MR) is 75.8 cm³/mol. The highest BCUT2D eigenvalue weighted by atomic mass is 16.2. The molecule has 0 aromatic rings. The van der Waals surface area contributed by atoms with Crippen LogP contribution >= 0.6 is 0 Å². The van der Waals surface area contributed by atoms with Crippen molar-refractivity contribution in [3.63, 3.8) is 0 Å². The van der Waals surface area contributed by atoms with Crippen LogP contribution in [0.25, 0.3) is 0 Å². The topological polar surface area (TPSA) is 61.4 Å². The Morgan fingerprint density at radius 1 is 1.16 bits per heavy atom. The number of hydrogen-bond donors (Lipinski definition) is 2. The van der Waals surface area contributed by atoms with Gasteiger partial charge in [-0.3, -0.25) is 9.59 Å².